The van der Waals surface area contributed by atoms with Gasteiger partial charge in [0.2, 0.25) is 0 Å². The number of hydrogen-bond acceptors (Lipinski definition) is 2. The highest BCUT2D eigenvalue weighted by atomic mass is 19.4. The van der Waals surface area contributed by atoms with Crippen LogP contribution in [0.5, 0.6) is 0 Å². The Morgan fingerprint density at radius 1 is 1.29 bits per heavy atom. The summed E-state index contributed by atoms with van der Waals surface area (Å²) in [5.41, 5.74) is 0. The van der Waals surface area contributed by atoms with E-state index in [1.54, 1.807) is 6.08 Å². The second-order valence-corrected chi connectivity index (χ2v) is 2.85. The van der Waals surface area contributed by atoms with Gasteiger partial charge in [0.25, 0.3) is 0 Å². The number of alkyl halides is 3. The summed E-state index contributed by atoms with van der Waals surface area (Å²) in [5, 5.41) is 3.05. The molecule has 0 fully saturated rings. The highest BCUT2D eigenvalue weighted by Gasteiger charge is 2.26. The Morgan fingerprint density at radius 2 is 2.00 bits per heavy atom. The molecule has 2 nitrogen and oxygen atoms in total. The SMILES string of the molecule is C=CCCNCCCOCC(F)(F)F. The third-order valence-electron chi connectivity index (χ3n) is 1.43. The van der Waals surface area contributed by atoms with Gasteiger partial charge in [-0.1, -0.05) is 6.08 Å². The quantitative estimate of drug-likeness (QED) is 0.490. The standard InChI is InChI=1S/C9H16F3NO/c1-2-3-5-13-6-4-7-14-8-9(10,11)12/h2,13H,1,3-8H2. The summed E-state index contributed by atoms with van der Waals surface area (Å²) in [6.45, 7) is 4.01. The van der Waals surface area contributed by atoms with Gasteiger partial charge in [0, 0.05) is 6.61 Å². The maximum Gasteiger partial charge on any atom is 0.411 e. The number of halogens is 3. The normalized spacial score (nSPS) is 11.6. The van der Waals surface area contributed by atoms with Crippen LogP contribution in [0.15, 0.2) is 12.7 Å². The van der Waals surface area contributed by atoms with Gasteiger partial charge in [-0.25, -0.2) is 0 Å². The average molecular weight is 211 g/mol. The molecule has 0 rings (SSSR count). The van der Waals surface area contributed by atoms with E-state index in [9.17, 15) is 13.2 Å². The van der Waals surface area contributed by atoms with E-state index in [0.29, 0.717) is 13.0 Å². The first-order valence-electron chi connectivity index (χ1n) is 4.52. The second-order valence-electron chi connectivity index (χ2n) is 2.85. The predicted octanol–water partition coefficient (Wildman–Crippen LogP) is 2.12. The van der Waals surface area contributed by atoms with Crippen molar-refractivity contribution in [2.45, 2.75) is 19.0 Å². The molecule has 0 amide bonds. The molecule has 0 aromatic heterocycles. The maximum absolute atomic E-state index is 11.6. The summed E-state index contributed by atoms with van der Waals surface area (Å²) in [5.74, 6) is 0. The van der Waals surface area contributed by atoms with Crippen molar-refractivity contribution in [2.24, 2.45) is 0 Å². The van der Waals surface area contributed by atoms with Crippen LogP contribution in [0, 0.1) is 0 Å². The van der Waals surface area contributed by atoms with Gasteiger partial charge in [-0.05, 0) is 25.9 Å². The highest BCUT2D eigenvalue weighted by Crippen LogP contribution is 2.14. The lowest BCUT2D eigenvalue weighted by Gasteiger charge is -2.07. The number of rotatable bonds is 8. The molecule has 0 aliphatic heterocycles. The van der Waals surface area contributed by atoms with E-state index in [-0.39, 0.29) is 6.61 Å². The fourth-order valence-electron chi connectivity index (χ4n) is 0.816. The van der Waals surface area contributed by atoms with E-state index in [0.717, 1.165) is 13.0 Å². The average Bonchev–Trinajstić information content (AvgIpc) is 2.08. The van der Waals surface area contributed by atoms with Crippen molar-refractivity contribution in [3.63, 3.8) is 0 Å². The fraction of sp³-hybridized carbons (Fsp3) is 0.778. The van der Waals surface area contributed by atoms with Crippen molar-refractivity contribution in [1.82, 2.24) is 5.32 Å². The minimum atomic E-state index is -4.21. The molecule has 84 valence electrons. The van der Waals surface area contributed by atoms with Gasteiger partial charge >= 0.3 is 6.18 Å². The lowest BCUT2D eigenvalue weighted by molar-refractivity contribution is -0.173. The largest absolute Gasteiger partial charge is 0.411 e. The molecule has 0 bridgehead atoms. The molecule has 0 saturated heterocycles. The topological polar surface area (TPSA) is 21.3 Å². The van der Waals surface area contributed by atoms with Crippen LogP contribution in [-0.4, -0.2) is 32.5 Å². The lowest BCUT2D eigenvalue weighted by atomic mass is 10.4. The Kier molecular flexibility index (Phi) is 7.51. The molecule has 0 heterocycles. The molecule has 14 heavy (non-hydrogen) atoms. The van der Waals surface area contributed by atoms with Gasteiger partial charge in [0.15, 0.2) is 0 Å². The minimum Gasteiger partial charge on any atom is -0.372 e. The molecule has 0 aromatic carbocycles. The van der Waals surface area contributed by atoms with E-state index in [2.05, 4.69) is 16.6 Å². The van der Waals surface area contributed by atoms with Crippen molar-refractivity contribution >= 4 is 0 Å². The van der Waals surface area contributed by atoms with Gasteiger partial charge in [-0.2, -0.15) is 13.2 Å². The van der Waals surface area contributed by atoms with Crippen LogP contribution in [0.3, 0.4) is 0 Å². The Balaban J connectivity index is 3.03. The molecule has 0 aromatic rings. The zero-order chi connectivity index (χ0) is 10.9. The summed E-state index contributed by atoms with van der Waals surface area (Å²) < 4.78 is 39.2. The van der Waals surface area contributed by atoms with E-state index in [1.165, 1.54) is 0 Å². The van der Waals surface area contributed by atoms with Gasteiger partial charge in [-0.3, -0.25) is 0 Å². The third-order valence-corrected chi connectivity index (χ3v) is 1.43. The van der Waals surface area contributed by atoms with Crippen LogP contribution in [-0.2, 0) is 4.74 Å². The zero-order valence-electron chi connectivity index (χ0n) is 8.07. The van der Waals surface area contributed by atoms with Crippen LogP contribution in [0.1, 0.15) is 12.8 Å². The van der Waals surface area contributed by atoms with Crippen molar-refractivity contribution in [3.8, 4) is 0 Å². The van der Waals surface area contributed by atoms with Crippen LogP contribution in [0.25, 0.3) is 0 Å². The predicted molar refractivity (Wildman–Crippen MR) is 49.2 cm³/mol. The van der Waals surface area contributed by atoms with Crippen molar-refractivity contribution in [1.29, 1.82) is 0 Å². The van der Waals surface area contributed by atoms with Gasteiger partial charge in [0.05, 0.1) is 0 Å². The Bertz CT molecular complexity index is 147. The number of nitrogens with one attached hydrogen (secondary N) is 1. The fourth-order valence-corrected chi connectivity index (χ4v) is 0.816. The minimum absolute atomic E-state index is 0.139. The summed E-state index contributed by atoms with van der Waals surface area (Å²) in [4.78, 5) is 0. The van der Waals surface area contributed by atoms with E-state index >= 15 is 0 Å². The summed E-state index contributed by atoms with van der Waals surface area (Å²) >= 11 is 0. The summed E-state index contributed by atoms with van der Waals surface area (Å²) in [6, 6.07) is 0. The smallest absolute Gasteiger partial charge is 0.372 e. The first-order valence-corrected chi connectivity index (χ1v) is 4.52. The third kappa shape index (κ3) is 11.4. The van der Waals surface area contributed by atoms with Gasteiger partial charge in [-0.15, -0.1) is 6.58 Å². The molecule has 0 unspecified atom stereocenters. The molecule has 1 N–H and O–H groups in total. The van der Waals surface area contributed by atoms with E-state index in [1.807, 2.05) is 0 Å². The molecular weight excluding hydrogens is 195 g/mol. The Hall–Kier alpha value is -0.550. The molecule has 0 aliphatic carbocycles. The molecule has 5 heteroatoms. The van der Waals surface area contributed by atoms with E-state index < -0.39 is 12.8 Å². The Morgan fingerprint density at radius 3 is 2.57 bits per heavy atom. The van der Waals surface area contributed by atoms with Crippen molar-refractivity contribution < 1.29 is 17.9 Å². The van der Waals surface area contributed by atoms with Gasteiger partial charge < -0.3 is 10.1 Å². The molecule has 0 aliphatic rings. The van der Waals surface area contributed by atoms with Crippen LogP contribution < -0.4 is 5.32 Å². The molecule has 0 atom stereocenters. The van der Waals surface area contributed by atoms with Gasteiger partial charge in [0.1, 0.15) is 6.61 Å². The zero-order valence-corrected chi connectivity index (χ0v) is 8.07. The Labute approximate surface area is 82.1 Å². The van der Waals surface area contributed by atoms with Crippen molar-refractivity contribution in [3.05, 3.63) is 12.7 Å². The molecule has 0 radical (unpaired) electrons. The van der Waals surface area contributed by atoms with E-state index in [4.69, 9.17) is 0 Å². The first-order chi connectivity index (χ1) is 6.56. The number of hydrogen-bond donors (Lipinski definition) is 1. The molecule has 0 spiro atoms. The summed E-state index contributed by atoms with van der Waals surface area (Å²) in [7, 11) is 0. The summed E-state index contributed by atoms with van der Waals surface area (Å²) in [6.07, 6.45) is -0.972. The van der Waals surface area contributed by atoms with Crippen LogP contribution in [0.2, 0.25) is 0 Å². The monoisotopic (exact) mass is 211 g/mol. The highest BCUT2D eigenvalue weighted by molar-refractivity contribution is 4.67. The number of ether oxygens (including phenoxy) is 1. The first kappa shape index (κ1) is 13.4. The van der Waals surface area contributed by atoms with Crippen LogP contribution in [0.4, 0.5) is 13.2 Å². The lowest BCUT2D eigenvalue weighted by Crippen LogP contribution is -2.20. The van der Waals surface area contributed by atoms with Crippen molar-refractivity contribution in [2.75, 3.05) is 26.3 Å². The maximum atomic E-state index is 11.6. The molecule has 0 saturated carbocycles. The second kappa shape index (κ2) is 7.82. The van der Waals surface area contributed by atoms with Crippen LogP contribution >= 0.6 is 0 Å². The molecular formula is C9H16F3NO.